The molecule has 2 heteroatoms. The zero-order valence-electron chi connectivity index (χ0n) is 15.1. The van der Waals surface area contributed by atoms with Gasteiger partial charge in [0.25, 0.3) is 0 Å². The lowest BCUT2D eigenvalue weighted by molar-refractivity contribution is 0.0718. The molecule has 0 amide bonds. The largest absolute Gasteiger partial charge is 0.312 e. The van der Waals surface area contributed by atoms with Gasteiger partial charge in [0, 0.05) is 23.2 Å². The summed E-state index contributed by atoms with van der Waals surface area (Å²) in [6, 6.07) is 7.42. The van der Waals surface area contributed by atoms with Crippen LogP contribution in [-0.4, -0.2) is 37.0 Å². The van der Waals surface area contributed by atoms with Crippen molar-refractivity contribution in [2.24, 2.45) is 5.92 Å². The van der Waals surface area contributed by atoms with Crippen LogP contribution in [0.5, 0.6) is 0 Å². The Labute approximate surface area is 126 Å². The molecule has 1 aliphatic carbocycles. The first-order valence-corrected chi connectivity index (χ1v) is 8.07. The number of nitrogens with one attached hydrogen (secondary N) is 1. The van der Waals surface area contributed by atoms with Crippen molar-refractivity contribution in [1.29, 1.82) is 0 Å². The van der Waals surface area contributed by atoms with Crippen molar-refractivity contribution in [1.82, 2.24) is 10.2 Å². The highest BCUT2D eigenvalue weighted by Gasteiger charge is 2.34. The van der Waals surface area contributed by atoms with Gasteiger partial charge in [-0.2, -0.15) is 0 Å². The highest BCUT2D eigenvalue weighted by molar-refractivity contribution is 5.32. The highest BCUT2D eigenvalue weighted by atomic mass is 15.2. The highest BCUT2D eigenvalue weighted by Crippen LogP contribution is 2.32. The lowest BCUT2D eigenvalue weighted by Gasteiger charge is -2.45. The first-order chi connectivity index (χ1) is 11.0. The van der Waals surface area contributed by atoms with Gasteiger partial charge in [0.2, 0.25) is 0 Å². The molecule has 2 atom stereocenters. The van der Waals surface area contributed by atoms with Crippen molar-refractivity contribution in [2.45, 2.75) is 44.0 Å². The van der Waals surface area contributed by atoms with Crippen LogP contribution in [0.2, 0.25) is 0 Å². The summed E-state index contributed by atoms with van der Waals surface area (Å²) >= 11 is 0. The summed E-state index contributed by atoms with van der Waals surface area (Å²) < 4.78 is 26.3. The van der Waals surface area contributed by atoms with E-state index in [1.807, 2.05) is 12.1 Å². The minimum absolute atomic E-state index is 0.148. The van der Waals surface area contributed by atoms with Crippen LogP contribution in [0.1, 0.15) is 46.8 Å². The maximum Gasteiger partial charge on any atom is 0.0481 e. The minimum atomic E-state index is -1.53. The van der Waals surface area contributed by atoms with Gasteiger partial charge in [-0.3, -0.25) is 0 Å². The van der Waals surface area contributed by atoms with Crippen molar-refractivity contribution in [3.8, 4) is 0 Å². The second-order valence-corrected chi connectivity index (χ2v) is 6.49. The standard InChI is InChI=1S/C18H26N2/c1-2-7-17-14(4-1)5-3-6-16(17)12-19-18-13-20-10-8-15(18)9-11-20/h1-2,4,7,15-16,18-19H,3,5-6,8-13H2/t16-,18-/m1/s1/i12D2,18D. The van der Waals surface area contributed by atoms with Crippen LogP contribution in [0, 0.1) is 5.92 Å². The molecule has 0 aromatic heterocycles. The molecule has 2 bridgehead atoms. The molecule has 2 nitrogen and oxygen atoms in total. The van der Waals surface area contributed by atoms with Gasteiger partial charge in [-0.05, 0) is 68.2 Å². The summed E-state index contributed by atoms with van der Waals surface area (Å²) in [4.78, 5) is 2.31. The van der Waals surface area contributed by atoms with E-state index in [9.17, 15) is 0 Å². The molecule has 3 heterocycles. The Morgan fingerprint density at radius 3 is 2.90 bits per heavy atom. The monoisotopic (exact) mass is 273 g/mol. The zero-order valence-corrected chi connectivity index (χ0v) is 12.1. The van der Waals surface area contributed by atoms with Crippen molar-refractivity contribution in [2.75, 3.05) is 26.1 Å². The van der Waals surface area contributed by atoms with Crippen LogP contribution in [0.3, 0.4) is 0 Å². The first kappa shape index (κ1) is 9.97. The number of aryl methyl sites for hydroxylation is 1. The lowest BCUT2D eigenvalue weighted by atomic mass is 9.81. The van der Waals surface area contributed by atoms with E-state index < -0.39 is 12.5 Å². The molecule has 108 valence electrons. The number of piperidine rings is 3. The molecule has 4 aliphatic rings. The Balaban J connectivity index is 1.59. The first-order valence-electron chi connectivity index (χ1n) is 9.57. The van der Waals surface area contributed by atoms with E-state index in [-0.39, 0.29) is 11.8 Å². The van der Waals surface area contributed by atoms with Crippen molar-refractivity contribution in [3.63, 3.8) is 0 Å². The lowest BCUT2D eigenvalue weighted by Crippen LogP contribution is -2.56. The third-order valence-electron chi connectivity index (χ3n) is 5.25. The quantitative estimate of drug-likeness (QED) is 0.911. The molecular formula is C18H26N2. The molecule has 3 aliphatic heterocycles. The van der Waals surface area contributed by atoms with Gasteiger partial charge in [-0.1, -0.05) is 24.3 Å². The fourth-order valence-corrected chi connectivity index (χ4v) is 4.03. The molecule has 0 unspecified atom stereocenters. The summed E-state index contributed by atoms with van der Waals surface area (Å²) in [6.07, 6.45) is 4.98. The summed E-state index contributed by atoms with van der Waals surface area (Å²) in [5.41, 5.74) is 2.42. The van der Waals surface area contributed by atoms with Crippen molar-refractivity contribution >= 4 is 0 Å². The number of rotatable bonds is 3. The maximum absolute atomic E-state index is 8.87. The smallest absolute Gasteiger partial charge is 0.0481 e. The fraction of sp³-hybridized carbons (Fsp3) is 0.667. The van der Waals surface area contributed by atoms with Crippen LogP contribution in [-0.2, 0) is 6.42 Å². The molecule has 1 N–H and O–H groups in total. The SMILES string of the molecule is [2H]C([2H])(N[C@]1([2H])CN2CCC1CC2)[C@H]1CCCc2ccccc21. The Bertz CT molecular complexity index is 583. The number of fused-ring (bicyclic) bond motifs is 4. The summed E-state index contributed by atoms with van der Waals surface area (Å²) in [7, 11) is 0. The van der Waals surface area contributed by atoms with Crippen molar-refractivity contribution < 1.29 is 4.11 Å². The van der Waals surface area contributed by atoms with Gasteiger partial charge in [0.15, 0.2) is 0 Å². The number of hydrogen-bond acceptors (Lipinski definition) is 2. The van der Waals surface area contributed by atoms with Crippen molar-refractivity contribution in [3.05, 3.63) is 35.4 Å². The summed E-state index contributed by atoms with van der Waals surface area (Å²) in [6.45, 7) is 1.27. The molecular weight excluding hydrogens is 244 g/mol. The van der Waals surface area contributed by atoms with Gasteiger partial charge < -0.3 is 10.2 Å². The fourth-order valence-electron chi connectivity index (χ4n) is 4.03. The molecule has 0 radical (unpaired) electrons. The maximum atomic E-state index is 8.87. The molecule has 5 rings (SSSR count). The Morgan fingerprint density at radius 1 is 1.25 bits per heavy atom. The van der Waals surface area contributed by atoms with E-state index in [0.717, 1.165) is 50.8 Å². The molecule has 1 aromatic rings. The van der Waals surface area contributed by atoms with E-state index in [1.165, 1.54) is 5.56 Å². The second kappa shape index (κ2) is 5.50. The molecule has 0 spiro atoms. The normalized spacial score (nSPS) is 42.4. The minimum Gasteiger partial charge on any atom is -0.312 e. The third kappa shape index (κ3) is 2.40. The van der Waals surface area contributed by atoms with Gasteiger partial charge in [-0.25, -0.2) is 0 Å². The van der Waals surface area contributed by atoms with E-state index in [1.54, 1.807) is 0 Å². The summed E-state index contributed by atoms with van der Waals surface area (Å²) in [5.74, 6) is 0.131. The van der Waals surface area contributed by atoms with E-state index in [2.05, 4.69) is 22.3 Å². The van der Waals surface area contributed by atoms with Crippen LogP contribution in [0.4, 0.5) is 0 Å². The average Bonchev–Trinajstić information content (AvgIpc) is 2.54. The topological polar surface area (TPSA) is 15.3 Å². The van der Waals surface area contributed by atoms with Gasteiger partial charge in [0.1, 0.15) is 0 Å². The third-order valence-corrected chi connectivity index (χ3v) is 5.25. The zero-order chi connectivity index (χ0) is 16.1. The predicted octanol–water partition coefficient (Wildman–Crippen LogP) is 2.79. The predicted molar refractivity (Wildman–Crippen MR) is 83.1 cm³/mol. The van der Waals surface area contributed by atoms with E-state index >= 15 is 0 Å². The number of benzene rings is 1. The van der Waals surface area contributed by atoms with Crippen LogP contribution in [0.15, 0.2) is 24.3 Å². The van der Waals surface area contributed by atoms with Gasteiger partial charge in [0.05, 0.1) is 0 Å². The second-order valence-electron chi connectivity index (χ2n) is 6.49. The van der Waals surface area contributed by atoms with Crippen LogP contribution < -0.4 is 5.32 Å². The molecule has 3 saturated heterocycles. The van der Waals surface area contributed by atoms with E-state index in [4.69, 9.17) is 4.11 Å². The molecule has 0 saturated carbocycles. The van der Waals surface area contributed by atoms with Gasteiger partial charge in [-0.15, -0.1) is 0 Å². The number of nitrogens with zero attached hydrogens (tertiary/aromatic N) is 1. The van der Waals surface area contributed by atoms with Crippen LogP contribution >= 0.6 is 0 Å². The Kier molecular flexibility index (Phi) is 2.74. The molecule has 3 fully saturated rings. The summed E-state index contributed by atoms with van der Waals surface area (Å²) in [5, 5.41) is 3.17. The molecule has 1 aromatic carbocycles. The van der Waals surface area contributed by atoms with Gasteiger partial charge >= 0.3 is 0 Å². The molecule has 20 heavy (non-hydrogen) atoms. The average molecular weight is 273 g/mol. The van der Waals surface area contributed by atoms with E-state index in [0.29, 0.717) is 6.54 Å². The Morgan fingerprint density at radius 2 is 2.10 bits per heavy atom. The van der Waals surface area contributed by atoms with Crippen LogP contribution in [0.25, 0.3) is 0 Å². The Hall–Kier alpha value is -0.860. The number of hydrogen-bond donors (Lipinski definition) is 1.